The van der Waals surface area contributed by atoms with E-state index in [-0.39, 0.29) is 24.0 Å². The standard InChI is InChI=1S/C15H20BrN3O2/c1-8-7-19(4-3-13(8)20)12-6-11-9(5-10(12)16)14(17-2)15(21)18-11/h5-6,8,13-14,17,20H,3-4,7H2,1-2H3,(H,18,21). The van der Waals surface area contributed by atoms with Crippen molar-refractivity contribution >= 4 is 33.2 Å². The quantitative estimate of drug-likeness (QED) is 0.759. The minimum absolute atomic E-state index is 0.0148. The molecule has 2 heterocycles. The van der Waals surface area contributed by atoms with Crippen molar-refractivity contribution < 1.29 is 9.90 Å². The van der Waals surface area contributed by atoms with Crippen molar-refractivity contribution in [2.24, 2.45) is 5.92 Å². The molecule has 0 radical (unpaired) electrons. The summed E-state index contributed by atoms with van der Waals surface area (Å²) < 4.78 is 0.988. The Morgan fingerprint density at radius 1 is 1.48 bits per heavy atom. The van der Waals surface area contributed by atoms with E-state index in [4.69, 9.17) is 0 Å². The topological polar surface area (TPSA) is 64.6 Å². The Kier molecular flexibility index (Phi) is 3.94. The van der Waals surface area contributed by atoms with Gasteiger partial charge in [0.1, 0.15) is 6.04 Å². The van der Waals surface area contributed by atoms with Crippen molar-refractivity contribution in [2.45, 2.75) is 25.5 Å². The minimum Gasteiger partial charge on any atom is -0.393 e. The smallest absolute Gasteiger partial charge is 0.246 e. The molecular formula is C15H20BrN3O2. The van der Waals surface area contributed by atoms with Gasteiger partial charge in [-0.15, -0.1) is 0 Å². The summed E-state index contributed by atoms with van der Waals surface area (Å²) in [5, 5.41) is 15.8. The van der Waals surface area contributed by atoms with Crippen LogP contribution in [0.15, 0.2) is 16.6 Å². The lowest BCUT2D eigenvalue weighted by Gasteiger charge is -2.36. The number of nitrogens with zero attached hydrogens (tertiary/aromatic N) is 1. The maximum Gasteiger partial charge on any atom is 0.246 e. The summed E-state index contributed by atoms with van der Waals surface area (Å²) in [5.41, 5.74) is 2.92. The number of likely N-dealkylation sites (N-methyl/N-ethyl adjacent to an activating group) is 1. The minimum atomic E-state index is -0.285. The summed E-state index contributed by atoms with van der Waals surface area (Å²) in [6.07, 6.45) is 0.554. The largest absolute Gasteiger partial charge is 0.393 e. The summed E-state index contributed by atoms with van der Waals surface area (Å²) in [4.78, 5) is 14.2. The van der Waals surface area contributed by atoms with Crippen molar-refractivity contribution in [3.8, 4) is 0 Å². The van der Waals surface area contributed by atoms with Gasteiger partial charge in [-0.1, -0.05) is 6.92 Å². The third-order valence-corrected chi connectivity index (χ3v) is 5.07. The number of aliphatic hydroxyl groups excluding tert-OH is 1. The van der Waals surface area contributed by atoms with Crippen molar-refractivity contribution in [3.05, 3.63) is 22.2 Å². The molecule has 21 heavy (non-hydrogen) atoms. The number of piperidine rings is 1. The van der Waals surface area contributed by atoms with Crippen LogP contribution in [-0.4, -0.2) is 37.3 Å². The molecule has 1 aromatic rings. The van der Waals surface area contributed by atoms with Gasteiger partial charge in [-0.25, -0.2) is 0 Å². The Labute approximate surface area is 132 Å². The van der Waals surface area contributed by atoms with E-state index in [9.17, 15) is 9.90 Å². The van der Waals surface area contributed by atoms with Crippen molar-refractivity contribution in [3.63, 3.8) is 0 Å². The van der Waals surface area contributed by atoms with Crippen LogP contribution in [0, 0.1) is 5.92 Å². The maximum absolute atomic E-state index is 11.9. The second kappa shape index (κ2) is 5.59. The van der Waals surface area contributed by atoms with Crippen LogP contribution in [0.1, 0.15) is 24.9 Å². The number of nitrogens with one attached hydrogen (secondary N) is 2. The van der Waals surface area contributed by atoms with Gasteiger partial charge in [-0.05, 0) is 47.4 Å². The second-order valence-electron chi connectivity index (χ2n) is 5.88. The highest BCUT2D eigenvalue weighted by molar-refractivity contribution is 9.10. The molecule has 0 aromatic heterocycles. The fourth-order valence-corrected chi connectivity index (χ4v) is 3.76. The first kappa shape index (κ1) is 14.8. The summed E-state index contributed by atoms with van der Waals surface area (Å²) in [7, 11) is 1.79. The van der Waals surface area contributed by atoms with E-state index in [0.29, 0.717) is 0 Å². The number of rotatable bonds is 2. The number of hydrogen-bond donors (Lipinski definition) is 3. The molecule has 2 aliphatic heterocycles. The van der Waals surface area contributed by atoms with Crippen LogP contribution in [-0.2, 0) is 4.79 Å². The molecular weight excluding hydrogens is 334 g/mol. The van der Waals surface area contributed by atoms with E-state index in [2.05, 4.69) is 38.4 Å². The third-order valence-electron chi connectivity index (χ3n) is 4.44. The molecule has 3 atom stereocenters. The summed E-state index contributed by atoms with van der Waals surface area (Å²) in [6.45, 7) is 3.71. The van der Waals surface area contributed by atoms with Gasteiger partial charge in [0.25, 0.3) is 0 Å². The fourth-order valence-electron chi connectivity index (χ4n) is 3.15. The molecule has 6 heteroatoms. The van der Waals surface area contributed by atoms with E-state index < -0.39 is 0 Å². The molecule has 1 fully saturated rings. The lowest BCUT2D eigenvalue weighted by Crippen LogP contribution is -2.42. The van der Waals surface area contributed by atoms with Crippen molar-refractivity contribution in [2.75, 3.05) is 30.4 Å². The van der Waals surface area contributed by atoms with Gasteiger partial charge in [0, 0.05) is 28.8 Å². The molecule has 3 N–H and O–H groups in total. The van der Waals surface area contributed by atoms with Crippen LogP contribution in [0.4, 0.5) is 11.4 Å². The lowest BCUT2D eigenvalue weighted by molar-refractivity contribution is -0.117. The highest BCUT2D eigenvalue weighted by atomic mass is 79.9. The maximum atomic E-state index is 11.9. The van der Waals surface area contributed by atoms with Gasteiger partial charge in [-0.2, -0.15) is 0 Å². The Balaban J connectivity index is 1.92. The predicted octanol–water partition coefficient (Wildman–Crippen LogP) is 1.87. The average Bonchev–Trinajstić information content (AvgIpc) is 2.75. The molecule has 0 bridgehead atoms. The Bertz CT molecular complexity index is 578. The second-order valence-corrected chi connectivity index (χ2v) is 6.74. The van der Waals surface area contributed by atoms with E-state index >= 15 is 0 Å². The third kappa shape index (κ3) is 2.56. The van der Waals surface area contributed by atoms with Gasteiger partial charge in [-0.3, -0.25) is 4.79 Å². The molecule has 1 saturated heterocycles. The molecule has 2 aliphatic rings. The molecule has 3 unspecified atom stereocenters. The number of carbonyl (C=O) groups is 1. The number of benzene rings is 1. The molecule has 5 nitrogen and oxygen atoms in total. The zero-order chi connectivity index (χ0) is 15.1. The average molecular weight is 354 g/mol. The van der Waals surface area contributed by atoms with E-state index in [1.165, 1.54) is 0 Å². The first-order chi connectivity index (χ1) is 10.0. The molecule has 0 spiro atoms. The van der Waals surface area contributed by atoms with Crippen molar-refractivity contribution in [1.82, 2.24) is 5.32 Å². The molecule has 1 aromatic carbocycles. The zero-order valence-electron chi connectivity index (χ0n) is 12.2. The highest BCUT2D eigenvalue weighted by Gasteiger charge is 2.32. The Morgan fingerprint density at radius 2 is 2.24 bits per heavy atom. The van der Waals surface area contributed by atoms with E-state index in [0.717, 1.165) is 40.9 Å². The molecule has 0 aliphatic carbocycles. The van der Waals surface area contributed by atoms with Crippen LogP contribution < -0.4 is 15.5 Å². The normalized spacial score (nSPS) is 28.5. The Morgan fingerprint density at radius 3 is 2.90 bits per heavy atom. The van der Waals surface area contributed by atoms with Gasteiger partial charge < -0.3 is 20.6 Å². The fraction of sp³-hybridized carbons (Fsp3) is 0.533. The lowest BCUT2D eigenvalue weighted by atomic mass is 9.96. The molecule has 1 amide bonds. The van der Waals surface area contributed by atoms with Crippen LogP contribution in [0.2, 0.25) is 0 Å². The summed E-state index contributed by atoms with van der Waals surface area (Å²) in [5.74, 6) is 0.234. The van der Waals surface area contributed by atoms with Gasteiger partial charge in [0.05, 0.1) is 11.8 Å². The van der Waals surface area contributed by atoms with E-state index in [1.54, 1.807) is 7.05 Å². The van der Waals surface area contributed by atoms with Gasteiger partial charge in [0.2, 0.25) is 5.91 Å². The molecule has 3 rings (SSSR count). The molecule has 0 saturated carbocycles. The highest BCUT2D eigenvalue weighted by Crippen LogP contribution is 2.40. The number of amides is 1. The van der Waals surface area contributed by atoms with Crippen LogP contribution >= 0.6 is 15.9 Å². The number of anilines is 2. The number of carbonyl (C=O) groups excluding carboxylic acids is 1. The first-order valence-corrected chi connectivity index (χ1v) is 8.05. The number of aliphatic hydroxyl groups is 1. The number of halogens is 1. The van der Waals surface area contributed by atoms with Crippen molar-refractivity contribution in [1.29, 1.82) is 0 Å². The van der Waals surface area contributed by atoms with Crippen LogP contribution in [0.3, 0.4) is 0 Å². The van der Waals surface area contributed by atoms with Crippen LogP contribution in [0.5, 0.6) is 0 Å². The molecule has 114 valence electrons. The SMILES string of the molecule is CNC1C(=O)Nc2cc(N3CCC(O)C(C)C3)c(Br)cc21. The number of hydrogen-bond acceptors (Lipinski definition) is 4. The van der Waals surface area contributed by atoms with Gasteiger partial charge >= 0.3 is 0 Å². The Hall–Kier alpha value is -1.11. The monoisotopic (exact) mass is 353 g/mol. The summed E-state index contributed by atoms with van der Waals surface area (Å²) >= 11 is 3.63. The van der Waals surface area contributed by atoms with Crippen LogP contribution in [0.25, 0.3) is 0 Å². The van der Waals surface area contributed by atoms with Gasteiger partial charge in [0.15, 0.2) is 0 Å². The zero-order valence-corrected chi connectivity index (χ0v) is 13.8. The summed E-state index contributed by atoms with van der Waals surface area (Å²) in [6, 6.07) is 3.76. The van der Waals surface area contributed by atoms with E-state index in [1.807, 2.05) is 12.1 Å². The first-order valence-electron chi connectivity index (χ1n) is 7.26. The predicted molar refractivity (Wildman–Crippen MR) is 86.6 cm³/mol. The number of fused-ring (bicyclic) bond motifs is 1.